The summed E-state index contributed by atoms with van der Waals surface area (Å²) in [5.74, 6) is 2.14. The smallest absolute Gasteiger partial charge is 0.260 e. The number of hydrogen-bond acceptors (Lipinski definition) is 7. The topological polar surface area (TPSA) is 95.7 Å². The van der Waals surface area contributed by atoms with Gasteiger partial charge < -0.3 is 24.1 Å². The number of hydrogen-bond donors (Lipinski definition) is 1. The van der Waals surface area contributed by atoms with Crippen LogP contribution in [0.2, 0.25) is 0 Å². The molecule has 0 radical (unpaired) electrons. The number of amides is 1. The molecule has 0 unspecified atom stereocenters. The third-order valence-corrected chi connectivity index (χ3v) is 4.81. The van der Waals surface area contributed by atoms with Crippen LogP contribution in [0.5, 0.6) is 17.2 Å². The SMILES string of the molecule is COc1cccc(C(=O)Nc2ccccc2-c2nc(-c3ccc(OC)c(OC)c3)no2)c1. The lowest BCUT2D eigenvalue weighted by Crippen LogP contribution is -2.12. The monoisotopic (exact) mass is 431 g/mol. The van der Waals surface area contributed by atoms with Gasteiger partial charge in [-0.15, -0.1) is 0 Å². The minimum atomic E-state index is -0.282. The molecule has 0 aliphatic carbocycles. The quantitative estimate of drug-likeness (QED) is 0.454. The minimum Gasteiger partial charge on any atom is -0.497 e. The number of methoxy groups -OCH3 is 3. The van der Waals surface area contributed by atoms with Crippen molar-refractivity contribution in [3.63, 3.8) is 0 Å². The van der Waals surface area contributed by atoms with Crippen LogP contribution in [0.3, 0.4) is 0 Å². The number of aromatic nitrogens is 2. The van der Waals surface area contributed by atoms with Crippen LogP contribution in [-0.2, 0) is 0 Å². The van der Waals surface area contributed by atoms with Crippen molar-refractivity contribution in [2.24, 2.45) is 0 Å². The summed E-state index contributed by atoms with van der Waals surface area (Å²) in [7, 11) is 4.68. The van der Waals surface area contributed by atoms with E-state index in [2.05, 4.69) is 15.5 Å². The van der Waals surface area contributed by atoms with Crippen LogP contribution in [0.25, 0.3) is 22.8 Å². The molecular weight excluding hydrogens is 410 g/mol. The van der Waals surface area contributed by atoms with E-state index in [9.17, 15) is 4.79 Å². The first-order valence-electron chi connectivity index (χ1n) is 9.74. The van der Waals surface area contributed by atoms with Gasteiger partial charge in [-0.1, -0.05) is 23.4 Å². The zero-order valence-corrected chi connectivity index (χ0v) is 17.8. The van der Waals surface area contributed by atoms with Gasteiger partial charge in [-0.3, -0.25) is 4.79 Å². The molecule has 8 nitrogen and oxygen atoms in total. The Morgan fingerprint density at radius 1 is 0.875 bits per heavy atom. The minimum absolute atomic E-state index is 0.274. The molecule has 4 rings (SSSR count). The third-order valence-electron chi connectivity index (χ3n) is 4.81. The molecule has 32 heavy (non-hydrogen) atoms. The predicted octanol–water partition coefficient (Wildman–Crippen LogP) is 4.68. The van der Waals surface area contributed by atoms with Gasteiger partial charge in [0.25, 0.3) is 11.8 Å². The van der Waals surface area contributed by atoms with Crippen LogP contribution >= 0.6 is 0 Å². The second-order valence-electron chi connectivity index (χ2n) is 6.72. The molecule has 1 heterocycles. The zero-order valence-electron chi connectivity index (χ0n) is 17.8. The number of nitrogens with one attached hydrogen (secondary N) is 1. The molecule has 3 aromatic carbocycles. The summed E-state index contributed by atoms with van der Waals surface area (Å²) in [6, 6.07) is 19.5. The fraction of sp³-hybridized carbons (Fsp3) is 0.125. The lowest BCUT2D eigenvalue weighted by atomic mass is 10.1. The highest BCUT2D eigenvalue weighted by atomic mass is 16.5. The molecule has 1 N–H and O–H groups in total. The maximum absolute atomic E-state index is 12.8. The number of rotatable bonds is 7. The van der Waals surface area contributed by atoms with Crippen molar-refractivity contribution in [1.29, 1.82) is 0 Å². The first-order valence-corrected chi connectivity index (χ1v) is 9.74. The first-order chi connectivity index (χ1) is 15.6. The molecule has 0 fully saturated rings. The number of carbonyl (C=O) groups is 1. The third kappa shape index (κ3) is 4.24. The summed E-state index contributed by atoms with van der Waals surface area (Å²) >= 11 is 0. The summed E-state index contributed by atoms with van der Waals surface area (Å²) in [6.07, 6.45) is 0. The largest absolute Gasteiger partial charge is 0.497 e. The number of carbonyl (C=O) groups excluding carboxylic acids is 1. The van der Waals surface area contributed by atoms with E-state index in [0.717, 1.165) is 0 Å². The fourth-order valence-electron chi connectivity index (χ4n) is 3.16. The molecule has 4 aromatic rings. The zero-order chi connectivity index (χ0) is 22.5. The number of benzene rings is 3. The number of nitrogens with zero attached hydrogens (tertiary/aromatic N) is 2. The Balaban J connectivity index is 1.62. The molecule has 8 heteroatoms. The van der Waals surface area contributed by atoms with E-state index in [1.807, 2.05) is 18.2 Å². The Kier molecular flexibility index (Phi) is 6.03. The number of ether oxygens (including phenoxy) is 3. The Hall–Kier alpha value is -4.33. The molecule has 162 valence electrons. The number of anilines is 1. The molecule has 0 atom stereocenters. The summed E-state index contributed by atoms with van der Waals surface area (Å²) in [5, 5.41) is 6.98. The van der Waals surface area contributed by atoms with Crippen molar-refractivity contribution >= 4 is 11.6 Å². The Labute approximate surface area is 184 Å². The van der Waals surface area contributed by atoms with E-state index in [1.165, 1.54) is 0 Å². The summed E-state index contributed by atoms with van der Waals surface area (Å²) in [5.41, 5.74) is 2.32. The molecule has 1 aromatic heterocycles. The van der Waals surface area contributed by atoms with Crippen molar-refractivity contribution in [3.05, 3.63) is 72.3 Å². The summed E-state index contributed by atoms with van der Waals surface area (Å²) in [4.78, 5) is 17.3. The highest BCUT2D eigenvalue weighted by Gasteiger charge is 2.17. The lowest BCUT2D eigenvalue weighted by Gasteiger charge is -2.09. The van der Waals surface area contributed by atoms with Crippen LogP contribution < -0.4 is 19.5 Å². The van der Waals surface area contributed by atoms with E-state index in [0.29, 0.717) is 45.5 Å². The van der Waals surface area contributed by atoms with E-state index in [-0.39, 0.29) is 11.8 Å². The van der Waals surface area contributed by atoms with Crippen molar-refractivity contribution in [1.82, 2.24) is 10.1 Å². The van der Waals surface area contributed by atoms with Crippen LogP contribution in [0.4, 0.5) is 5.69 Å². The molecule has 0 saturated heterocycles. The molecule has 0 saturated carbocycles. The Bertz CT molecular complexity index is 1250. The van der Waals surface area contributed by atoms with Gasteiger partial charge in [0.2, 0.25) is 5.82 Å². The summed E-state index contributed by atoms with van der Waals surface area (Å²) < 4.78 is 21.3. The second-order valence-corrected chi connectivity index (χ2v) is 6.72. The highest BCUT2D eigenvalue weighted by molar-refractivity contribution is 6.06. The molecule has 0 bridgehead atoms. The lowest BCUT2D eigenvalue weighted by molar-refractivity contribution is 0.102. The molecule has 0 aliphatic rings. The van der Waals surface area contributed by atoms with Crippen molar-refractivity contribution < 1.29 is 23.5 Å². The second kappa shape index (κ2) is 9.22. The average Bonchev–Trinajstić information content (AvgIpc) is 3.34. The van der Waals surface area contributed by atoms with Crippen molar-refractivity contribution in [2.75, 3.05) is 26.6 Å². The van der Waals surface area contributed by atoms with Gasteiger partial charge in [0.05, 0.1) is 32.6 Å². The highest BCUT2D eigenvalue weighted by Crippen LogP contribution is 2.33. The maximum atomic E-state index is 12.8. The standard InChI is InChI=1S/C24H21N3O5/c1-29-17-8-6-7-16(13-17)23(28)25-19-10-5-4-9-18(19)24-26-22(27-32-24)15-11-12-20(30-2)21(14-15)31-3/h4-14H,1-3H3,(H,25,28). The van der Waals surface area contributed by atoms with E-state index in [4.69, 9.17) is 18.7 Å². The van der Waals surface area contributed by atoms with Gasteiger partial charge in [0, 0.05) is 11.1 Å². The first kappa shape index (κ1) is 20.9. The van der Waals surface area contributed by atoms with E-state index >= 15 is 0 Å². The molecular formula is C24H21N3O5. The van der Waals surface area contributed by atoms with Gasteiger partial charge in [0.1, 0.15) is 5.75 Å². The fourth-order valence-corrected chi connectivity index (χ4v) is 3.16. The average molecular weight is 431 g/mol. The van der Waals surface area contributed by atoms with Crippen LogP contribution in [0.15, 0.2) is 71.3 Å². The summed E-state index contributed by atoms with van der Waals surface area (Å²) in [6.45, 7) is 0. The molecule has 1 amide bonds. The molecule has 0 aliphatic heterocycles. The van der Waals surface area contributed by atoms with Gasteiger partial charge in [-0.05, 0) is 48.5 Å². The van der Waals surface area contributed by atoms with Gasteiger partial charge in [-0.2, -0.15) is 4.98 Å². The predicted molar refractivity (Wildman–Crippen MR) is 119 cm³/mol. The Morgan fingerprint density at radius 2 is 1.69 bits per heavy atom. The van der Waals surface area contributed by atoms with Crippen LogP contribution in [0, 0.1) is 0 Å². The normalized spacial score (nSPS) is 10.5. The van der Waals surface area contributed by atoms with Gasteiger partial charge in [-0.25, -0.2) is 0 Å². The van der Waals surface area contributed by atoms with Gasteiger partial charge in [0.15, 0.2) is 11.5 Å². The van der Waals surface area contributed by atoms with Crippen molar-refractivity contribution in [3.8, 4) is 40.1 Å². The van der Waals surface area contributed by atoms with E-state index in [1.54, 1.807) is 69.9 Å². The molecule has 0 spiro atoms. The maximum Gasteiger partial charge on any atom is 0.260 e. The van der Waals surface area contributed by atoms with Crippen molar-refractivity contribution in [2.45, 2.75) is 0 Å². The van der Waals surface area contributed by atoms with Gasteiger partial charge >= 0.3 is 0 Å². The van der Waals surface area contributed by atoms with Crippen LogP contribution in [-0.4, -0.2) is 37.4 Å². The Morgan fingerprint density at radius 3 is 2.47 bits per heavy atom. The number of para-hydroxylation sites is 1. The van der Waals surface area contributed by atoms with Crippen LogP contribution in [0.1, 0.15) is 10.4 Å². The van der Waals surface area contributed by atoms with E-state index < -0.39 is 0 Å².